The summed E-state index contributed by atoms with van der Waals surface area (Å²) in [6, 6.07) is 8.75. The second-order valence-electron chi connectivity index (χ2n) is 5.65. The molecule has 0 unspecified atom stereocenters. The van der Waals surface area contributed by atoms with Crippen LogP contribution in [-0.4, -0.2) is 25.0 Å². The molecule has 0 saturated carbocycles. The quantitative estimate of drug-likeness (QED) is 0.739. The van der Waals surface area contributed by atoms with Gasteiger partial charge in [-0.1, -0.05) is 50.3 Å². The average Bonchev–Trinajstić information content (AvgIpc) is 2.43. The lowest BCUT2D eigenvalue weighted by Gasteiger charge is -2.32. The lowest BCUT2D eigenvalue weighted by molar-refractivity contribution is 0.177. The number of hydrogen-bond donors (Lipinski definition) is 0. The molecule has 0 N–H and O–H groups in total. The summed E-state index contributed by atoms with van der Waals surface area (Å²) >= 11 is 0. The van der Waals surface area contributed by atoms with Crippen LogP contribution < -0.4 is 0 Å². The standard InChI is InChI=1S/C19H25N/c1-4-6-18(7-5-2)19-12-10-16(11-13-19)8-9-17-14-20(3)15-17/h6,10-13,17H,4-5,7,14-15H2,1-3H3/b18-6+. The minimum absolute atomic E-state index is 0.565. The van der Waals surface area contributed by atoms with Crippen LogP contribution in [0.5, 0.6) is 0 Å². The topological polar surface area (TPSA) is 3.24 Å². The Balaban J connectivity index is 2.03. The lowest BCUT2D eigenvalue weighted by Crippen LogP contribution is -2.42. The van der Waals surface area contributed by atoms with Crippen molar-refractivity contribution in [2.24, 2.45) is 5.92 Å². The Morgan fingerprint density at radius 1 is 1.25 bits per heavy atom. The third-order valence-corrected chi connectivity index (χ3v) is 3.71. The molecular weight excluding hydrogens is 242 g/mol. The maximum atomic E-state index is 3.36. The van der Waals surface area contributed by atoms with E-state index in [1.165, 1.54) is 17.6 Å². The molecule has 0 bridgehead atoms. The van der Waals surface area contributed by atoms with Gasteiger partial charge in [-0.3, -0.25) is 0 Å². The normalized spacial score (nSPS) is 16.4. The van der Waals surface area contributed by atoms with Gasteiger partial charge in [-0.2, -0.15) is 0 Å². The van der Waals surface area contributed by atoms with Crippen molar-refractivity contribution in [2.45, 2.75) is 33.1 Å². The molecule has 1 aromatic carbocycles. The van der Waals surface area contributed by atoms with Gasteiger partial charge >= 0.3 is 0 Å². The summed E-state index contributed by atoms with van der Waals surface area (Å²) in [5, 5.41) is 0. The van der Waals surface area contributed by atoms with E-state index >= 15 is 0 Å². The molecule has 0 spiro atoms. The predicted molar refractivity (Wildman–Crippen MR) is 87.5 cm³/mol. The van der Waals surface area contributed by atoms with Crippen molar-refractivity contribution in [3.8, 4) is 11.8 Å². The third kappa shape index (κ3) is 3.99. The fraction of sp³-hybridized carbons (Fsp3) is 0.474. The Labute approximate surface area is 123 Å². The van der Waals surface area contributed by atoms with Crippen molar-refractivity contribution >= 4 is 5.57 Å². The van der Waals surface area contributed by atoms with E-state index in [4.69, 9.17) is 0 Å². The number of likely N-dealkylation sites (tertiary alicyclic amines) is 1. The van der Waals surface area contributed by atoms with Crippen LogP contribution >= 0.6 is 0 Å². The summed E-state index contributed by atoms with van der Waals surface area (Å²) in [4.78, 5) is 2.30. The zero-order valence-electron chi connectivity index (χ0n) is 12.9. The van der Waals surface area contributed by atoms with E-state index in [1.54, 1.807) is 0 Å². The Kier molecular flexibility index (Phi) is 5.44. The number of hydrogen-bond acceptors (Lipinski definition) is 1. The summed E-state index contributed by atoms with van der Waals surface area (Å²) in [7, 11) is 2.14. The molecule has 1 heterocycles. The molecule has 0 amide bonds. The lowest BCUT2D eigenvalue weighted by atomic mass is 9.98. The number of nitrogens with zero attached hydrogens (tertiary/aromatic N) is 1. The van der Waals surface area contributed by atoms with Gasteiger partial charge in [-0.15, -0.1) is 0 Å². The molecule has 1 nitrogen and oxygen atoms in total. The molecule has 1 aliphatic heterocycles. The van der Waals surface area contributed by atoms with E-state index in [-0.39, 0.29) is 0 Å². The Hall–Kier alpha value is -1.52. The summed E-state index contributed by atoms with van der Waals surface area (Å²) < 4.78 is 0. The third-order valence-electron chi connectivity index (χ3n) is 3.71. The van der Waals surface area contributed by atoms with E-state index in [0.29, 0.717) is 5.92 Å². The monoisotopic (exact) mass is 267 g/mol. The number of allylic oxidation sites excluding steroid dienone is 2. The first-order chi connectivity index (χ1) is 9.72. The van der Waals surface area contributed by atoms with Crippen molar-refractivity contribution in [1.29, 1.82) is 0 Å². The first-order valence-corrected chi connectivity index (χ1v) is 7.72. The average molecular weight is 267 g/mol. The van der Waals surface area contributed by atoms with E-state index in [1.807, 2.05) is 0 Å². The van der Waals surface area contributed by atoms with Gasteiger partial charge in [0.1, 0.15) is 0 Å². The van der Waals surface area contributed by atoms with Crippen molar-refractivity contribution in [2.75, 3.05) is 20.1 Å². The summed E-state index contributed by atoms with van der Waals surface area (Å²) in [5.41, 5.74) is 3.95. The van der Waals surface area contributed by atoms with Gasteiger partial charge in [0.05, 0.1) is 0 Å². The molecule has 1 fully saturated rings. The molecular formula is C19H25N. The Morgan fingerprint density at radius 2 is 1.95 bits per heavy atom. The SMILES string of the molecule is CC/C=C(\CCC)c1ccc(C#CC2CN(C)C2)cc1. The van der Waals surface area contributed by atoms with Gasteiger partial charge in [-0.05, 0) is 43.2 Å². The highest BCUT2D eigenvalue weighted by atomic mass is 15.2. The van der Waals surface area contributed by atoms with Gasteiger partial charge in [0.15, 0.2) is 0 Å². The van der Waals surface area contributed by atoms with E-state index in [2.05, 4.69) is 68.0 Å². The van der Waals surface area contributed by atoms with Gasteiger partial charge in [-0.25, -0.2) is 0 Å². The van der Waals surface area contributed by atoms with Gasteiger partial charge < -0.3 is 4.90 Å². The molecule has 1 aromatic rings. The van der Waals surface area contributed by atoms with Gasteiger partial charge in [0, 0.05) is 24.6 Å². The number of benzene rings is 1. The molecule has 2 rings (SSSR count). The summed E-state index contributed by atoms with van der Waals surface area (Å²) in [6.07, 6.45) is 5.80. The molecule has 20 heavy (non-hydrogen) atoms. The molecule has 1 aliphatic rings. The van der Waals surface area contributed by atoms with Crippen LogP contribution in [0.4, 0.5) is 0 Å². The van der Waals surface area contributed by atoms with Crippen LogP contribution in [0, 0.1) is 17.8 Å². The van der Waals surface area contributed by atoms with Crippen LogP contribution in [0.2, 0.25) is 0 Å². The van der Waals surface area contributed by atoms with Crippen LogP contribution in [0.1, 0.15) is 44.2 Å². The Morgan fingerprint density at radius 3 is 2.50 bits per heavy atom. The van der Waals surface area contributed by atoms with Crippen molar-refractivity contribution in [1.82, 2.24) is 4.90 Å². The van der Waals surface area contributed by atoms with E-state index < -0.39 is 0 Å². The van der Waals surface area contributed by atoms with Crippen molar-refractivity contribution in [3.05, 3.63) is 41.5 Å². The van der Waals surface area contributed by atoms with Gasteiger partial charge in [0.25, 0.3) is 0 Å². The largest absolute Gasteiger partial charge is 0.304 e. The molecule has 0 aliphatic carbocycles. The van der Waals surface area contributed by atoms with Crippen molar-refractivity contribution < 1.29 is 0 Å². The zero-order chi connectivity index (χ0) is 14.4. The first kappa shape index (κ1) is 14.9. The summed E-state index contributed by atoms with van der Waals surface area (Å²) in [5.74, 6) is 7.22. The highest BCUT2D eigenvalue weighted by molar-refractivity contribution is 5.66. The molecule has 106 valence electrons. The van der Waals surface area contributed by atoms with Crippen LogP contribution in [0.15, 0.2) is 30.3 Å². The summed E-state index contributed by atoms with van der Waals surface area (Å²) in [6.45, 7) is 6.67. The Bertz CT molecular complexity index is 507. The second kappa shape index (κ2) is 7.31. The van der Waals surface area contributed by atoms with E-state index in [9.17, 15) is 0 Å². The molecule has 0 atom stereocenters. The second-order valence-corrected chi connectivity index (χ2v) is 5.65. The molecule has 0 aromatic heterocycles. The first-order valence-electron chi connectivity index (χ1n) is 7.72. The fourth-order valence-corrected chi connectivity index (χ4v) is 2.62. The maximum Gasteiger partial charge on any atom is 0.0460 e. The number of rotatable bonds is 4. The van der Waals surface area contributed by atoms with Crippen molar-refractivity contribution in [3.63, 3.8) is 0 Å². The highest BCUT2D eigenvalue weighted by Gasteiger charge is 2.20. The predicted octanol–water partition coefficient (Wildman–Crippen LogP) is 4.19. The zero-order valence-corrected chi connectivity index (χ0v) is 12.9. The van der Waals surface area contributed by atoms with E-state index in [0.717, 1.165) is 31.5 Å². The highest BCUT2D eigenvalue weighted by Crippen LogP contribution is 2.21. The minimum atomic E-state index is 0.565. The van der Waals surface area contributed by atoms with Crippen LogP contribution in [0.25, 0.3) is 5.57 Å². The van der Waals surface area contributed by atoms with Crippen LogP contribution in [-0.2, 0) is 0 Å². The van der Waals surface area contributed by atoms with Crippen LogP contribution in [0.3, 0.4) is 0 Å². The smallest absolute Gasteiger partial charge is 0.0460 e. The van der Waals surface area contributed by atoms with Gasteiger partial charge in [0.2, 0.25) is 0 Å². The maximum absolute atomic E-state index is 3.36. The minimum Gasteiger partial charge on any atom is -0.304 e. The molecule has 1 heteroatoms. The fourth-order valence-electron chi connectivity index (χ4n) is 2.62. The molecule has 1 saturated heterocycles. The molecule has 0 radical (unpaired) electrons.